The molecule has 1 fully saturated rings. The molecule has 0 radical (unpaired) electrons. The molecular weight excluding hydrogens is 312 g/mol. The molecule has 0 unspecified atom stereocenters. The monoisotopic (exact) mass is 332 g/mol. The molecule has 0 aliphatic carbocycles. The lowest BCUT2D eigenvalue weighted by Crippen LogP contribution is -2.45. The Hall–Kier alpha value is -1.99. The SMILES string of the molecule is C[C@H](C(=O)Nc1nc2ccccc2s1)N1CCCN(C)C(=O)C1. The predicted molar refractivity (Wildman–Crippen MR) is 91.5 cm³/mol. The van der Waals surface area contributed by atoms with E-state index < -0.39 is 0 Å². The number of thiazole rings is 1. The fourth-order valence-corrected chi connectivity index (χ4v) is 3.51. The van der Waals surface area contributed by atoms with Gasteiger partial charge < -0.3 is 10.2 Å². The van der Waals surface area contributed by atoms with Crippen LogP contribution in [0.15, 0.2) is 24.3 Å². The first-order valence-corrected chi connectivity index (χ1v) is 8.50. The average molecular weight is 332 g/mol. The van der Waals surface area contributed by atoms with E-state index in [1.54, 1.807) is 11.9 Å². The number of aromatic nitrogens is 1. The molecule has 1 N–H and O–H groups in total. The summed E-state index contributed by atoms with van der Waals surface area (Å²) >= 11 is 1.46. The molecular formula is C16H20N4O2S. The molecule has 0 bridgehead atoms. The summed E-state index contributed by atoms with van der Waals surface area (Å²) in [5.74, 6) is -0.0662. The van der Waals surface area contributed by atoms with Crippen molar-refractivity contribution in [1.29, 1.82) is 0 Å². The first-order valence-electron chi connectivity index (χ1n) is 7.69. The van der Waals surface area contributed by atoms with Gasteiger partial charge in [0.2, 0.25) is 11.8 Å². The zero-order valence-electron chi connectivity index (χ0n) is 13.3. The van der Waals surface area contributed by atoms with Crippen molar-refractivity contribution in [1.82, 2.24) is 14.8 Å². The van der Waals surface area contributed by atoms with Crippen LogP contribution in [0.3, 0.4) is 0 Å². The normalized spacial score (nSPS) is 18.0. The van der Waals surface area contributed by atoms with Gasteiger partial charge in [-0.2, -0.15) is 0 Å². The number of hydrogen-bond acceptors (Lipinski definition) is 5. The van der Waals surface area contributed by atoms with Gasteiger partial charge >= 0.3 is 0 Å². The Labute approximate surface area is 139 Å². The van der Waals surface area contributed by atoms with Crippen LogP contribution in [-0.4, -0.2) is 59.3 Å². The molecule has 1 aromatic heterocycles. The third-order valence-electron chi connectivity index (χ3n) is 4.15. The second-order valence-corrected chi connectivity index (χ2v) is 6.82. The van der Waals surface area contributed by atoms with Crippen molar-refractivity contribution in [3.05, 3.63) is 24.3 Å². The molecule has 1 saturated heterocycles. The molecule has 2 heterocycles. The summed E-state index contributed by atoms with van der Waals surface area (Å²) in [4.78, 5) is 32.5. The van der Waals surface area contributed by atoms with Gasteiger partial charge in [-0.3, -0.25) is 14.5 Å². The Bertz CT molecular complexity index is 697. The van der Waals surface area contributed by atoms with Crippen LogP contribution < -0.4 is 5.32 Å². The van der Waals surface area contributed by atoms with E-state index in [1.807, 2.05) is 36.1 Å². The second-order valence-electron chi connectivity index (χ2n) is 5.79. The van der Waals surface area contributed by atoms with Crippen LogP contribution in [0.1, 0.15) is 13.3 Å². The van der Waals surface area contributed by atoms with E-state index in [0.717, 1.165) is 29.7 Å². The minimum absolute atomic E-state index is 0.0575. The van der Waals surface area contributed by atoms with Crippen molar-refractivity contribution in [2.24, 2.45) is 0 Å². The molecule has 1 aliphatic rings. The number of nitrogens with zero attached hydrogens (tertiary/aromatic N) is 3. The number of hydrogen-bond donors (Lipinski definition) is 1. The van der Waals surface area contributed by atoms with Crippen LogP contribution in [0.4, 0.5) is 5.13 Å². The van der Waals surface area contributed by atoms with Gasteiger partial charge in [0.15, 0.2) is 5.13 Å². The Kier molecular flexibility index (Phi) is 4.58. The van der Waals surface area contributed by atoms with Crippen LogP contribution in [0.2, 0.25) is 0 Å². The first kappa shape index (κ1) is 15.9. The highest BCUT2D eigenvalue weighted by molar-refractivity contribution is 7.22. The topological polar surface area (TPSA) is 65.5 Å². The van der Waals surface area contributed by atoms with E-state index >= 15 is 0 Å². The molecule has 2 amide bonds. The third kappa shape index (κ3) is 3.51. The van der Waals surface area contributed by atoms with Crippen LogP contribution in [0.25, 0.3) is 10.2 Å². The molecule has 1 aliphatic heterocycles. The fourth-order valence-electron chi connectivity index (χ4n) is 2.64. The highest BCUT2D eigenvalue weighted by atomic mass is 32.1. The van der Waals surface area contributed by atoms with Gasteiger partial charge in [-0.1, -0.05) is 23.5 Å². The number of rotatable bonds is 3. The lowest BCUT2D eigenvalue weighted by atomic mass is 10.2. The largest absolute Gasteiger partial charge is 0.345 e. The molecule has 2 aromatic rings. The maximum atomic E-state index is 12.5. The highest BCUT2D eigenvalue weighted by Crippen LogP contribution is 2.25. The number of benzene rings is 1. The summed E-state index contributed by atoms with van der Waals surface area (Å²) in [6.45, 7) is 3.60. The molecule has 3 rings (SSSR count). The zero-order chi connectivity index (χ0) is 16.4. The zero-order valence-corrected chi connectivity index (χ0v) is 14.1. The maximum Gasteiger partial charge on any atom is 0.243 e. The van der Waals surface area contributed by atoms with Crippen LogP contribution in [-0.2, 0) is 9.59 Å². The number of fused-ring (bicyclic) bond motifs is 1. The summed E-state index contributed by atoms with van der Waals surface area (Å²) in [6, 6.07) is 7.42. The number of likely N-dealkylation sites (N-methyl/N-ethyl adjacent to an activating group) is 1. The first-order chi connectivity index (χ1) is 11.0. The van der Waals surface area contributed by atoms with E-state index in [9.17, 15) is 9.59 Å². The summed E-state index contributed by atoms with van der Waals surface area (Å²) in [5.41, 5.74) is 0.882. The molecule has 23 heavy (non-hydrogen) atoms. The lowest BCUT2D eigenvalue weighted by Gasteiger charge is -2.25. The van der Waals surface area contributed by atoms with E-state index in [4.69, 9.17) is 0 Å². The predicted octanol–water partition coefficient (Wildman–Crippen LogP) is 1.79. The second kappa shape index (κ2) is 6.64. The number of carbonyl (C=O) groups is 2. The van der Waals surface area contributed by atoms with Crippen molar-refractivity contribution in [3.8, 4) is 0 Å². The Balaban J connectivity index is 1.68. The molecule has 7 heteroatoms. The van der Waals surface area contributed by atoms with E-state index in [2.05, 4.69) is 10.3 Å². The van der Waals surface area contributed by atoms with E-state index in [0.29, 0.717) is 5.13 Å². The average Bonchev–Trinajstić information content (AvgIpc) is 2.86. The quantitative estimate of drug-likeness (QED) is 0.931. The van der Waals surface area contributed by atoms with Crippen molar-refractivity contribution >= 4 is 38.5 Å². The summed E-state index contributed by atoms with van der Waals surface area (Å²) in [5, 5.41) is 3.48. The van der Waals surface area contributed by atoms with E-state index in [1.165, 1.54) is 11.3 Å². The highest BCUT2D eigenvalue weighted by Gasteiger charge is 2.27. The number of anilines is 1. The Morgan fingerprint density at radius 2 is 2.13 bits per heavy atom. The van der Waals surface area contributed by atoms with Crippen LogP contribution in [0.5, 0.6) is 0 Å². The van der Waals surface area contributed by atoms with Gasteiger partial charge in [0.1, 0.15) is 0 Å². The minimum atomic E-state index is -0.363. The maximum absolute atomic E-state index is 12.5. The molecule has 1 aromatic carbocycles. The molecule has 122 valence electrons. The Morgan fingerprint density at radius 1 is 1.35 bits per heavy atom. The van der Waals surface area contributed by atoms with Gasteiger partial charge in [-0.25, -0.2) is 4.98 Å². The van der Waals surface area contributed by atoms with Gasteiger partial charge in [-0.15, -0.1) is 0 Å². The van der Waals surface area contributed by atoms with E-state index in [-0.39, 0.29) is 24.4 Å². The van der Waals surface area contributed by atoms with Gasteiger partial charge in [-0.05, 0) is 25.5 Å². The fraction of sp³-hybridized carbons (Fsp3) is 0.438. The lowest BCUT2D eigenvalue weighted by molar-refractivity contribution is -0.131. The Morgan fingerprint density at radius 3 is 2.91 bits per heavy atom. The van der Waals surface area contributed by atoms with Crippen molar-refractivity contribution in [3.63, 3.8) is 0 Å². The van der Waals surface area contributed by atoms with Crippen molar-refractivity contribution in [2.75, 3.05) is 32.0 Å². The third-order valence-corrected chi connectivity index (χ3v) is 5.11. The van der Waals surface area contributed by atoms with Crippen LogP contribution in [0, 0.1) is 0 Å². The smallest absolute Gasteiger partial charge is 0.243 e. The summed E-state index contributed by atoms with van der Waals surface area (Å²) in [6.07, 6.45) is 0.876. The number of para-hydroxylation sites is 1. The van der Waals surface area contributed by atoms with Crippen molar-refractivity contribution in [2.45, 2.75) is 19.4 Å². The molecule has 0 saturated carbocycles. The molecule has 0 spiro atoms. The van der Waals surface area contributed by atoms with Gasteiger partial charge in [0.25, 0.3) is 0 Å². The molecule has 6 nitrogen and oxygen atoms in total. The van der Waals surface area contributed by atoms with Crippen LogP contribution >= 0.6 is 11.3 Å². The number of nitrogens with one attached hydrogen (secondary N) is 1. The number of carbonyl (C=O) groups excluding carboxylic acids is 2. The van der Waals surface area contributed by atoms with Crippen molar-refractivity contribution < 1.29 is 9.59 Å². The molecule has 1 atom stereocenters. The standard InChI is InChI=1S/C16H20N4O2S/c1-11(20-9-5-8-19(2)14(21)10-20)15(22)18-16-17-12-6-3-4-7-13(12)23-16/h3-4,6-7,11H,5,8-10H2,1-2H3,(H,17,18,22)/t11-/m1/s1. The number of amides is 2. The minimum Gasteiger partial charge on any atom is -0.345 e. The summed E-state index contributed by atoms with van der Waals surface area (Å²) in [7, 11) is 1.80. The van der Waals surface area contributed by atoms with Gasteiger partial charge in [0.05, 0.1) is 22.8 Å². The summed E-state index contributed by atoms with van der Waals surface area (Å²) < 4.78 is 1.04. The van der Waals surface area contributed by atoms with Gasteiger partial charge in [0, 0.05) is 20.1 Å².